The molecule has 0 amide bonds. The molecule has 3 heterocycles. The van der Waals surface area contributed by atoms with Crippen molar-refractivity contribution in [2.45, 2.75) is 20.0 Å². The van der Waals surface area contributed by atoms with Crippen molar-refractivity contribution in [2.75, 3.05) is 0 Å². The van der Waals surface area contributed by atoms with Crippen LogP contribution in [0.5, 0.6) is 5.75 Å². The lowest BCUT2D eigenvalue weighted by molar-refractivity contribution is 0.300. The molecule has 2 aromatic carbocycles. The van der Waals surface area contributed by atoms with E-state index in [9.17, 15) is 5.26 Å². The zero-order chi connectivity index (χ0) is 19.1. The molecule has 0 atom stereocenters. The molecular formula is C21H16N6O. The summed E-state index contributed by atoms with van der Waals surface area (Å²) in [6.07, 6.45) is 2.19. The summed E-state index contributed by atoms with van der Waals surface area (Å²) in [5.41, 5.74) is 5.84. The summed E-state index contributed by atoms with van der Waals surface area (Å²) in [7, 11) is 0. The normalized spacial score (nSPS) is 11.7. The van der Waals surface area contributed by atoms with Crippen molar-refractivity contribution >= 4 is 0 Å². The fraction of sp³-hybridized carbons (Fsp3) is 0.143. The van der Waals surface area contributed by atoms with Crippen LogP contribution in [-0.2, 0) is 13.0 Å². The number of aryl methyl sites for hydroxylation is 1. The zero-order valence-corrected chi connectivity index (χ0v) is 15.2. The van der Waals surface area contributed by atoms with Crippen LogP contribution in [0, 0.1) is 18.3 Å². The number of nitriles is 1. The van der Waals surface area contributed by atoms with Crippen LogP contribution in [0.2, 0.25) is 0 Å². The highest BCUT2D eigenvalue weighted by molar-refractivity contribution is 5.58. The second kappa shape index (κ2) is 6.35. The Hall–Kier alpha value is -3.92. The van der Waals surface area contributed by atoms with E-state index >= 15 is 0 Å². The van der Waals surface area contributed by atoms with Crippen LogP contribution in [0.3, 0.4) is 0 Å². The molecule has 0 fully saturated rings. The number of nitrogens with zero attached hydrogens (tertiary/aromatic N) is 6. The van der Waals surface area contributed by atoms with Gasteiger partial charge in [-0.25, -0.2) is 9.67 Å². The maximum absolute atomic E-state index is 9.50. The molecule has 7 nitrogen and oxygen atoms in total. The fourth-order valence-corrected chi connectivity index (χ4v) is 3.49. The summed E-state index contributed by atoms with van der Waals surface area (Å²) >= 11 is 0. The summed E-state index contributed by atoms with van der Waals surface area (Å²) in [5.74, 6) is 0.775. The lowest BCUT2D eigenvalue weighted by atomic mass is 10.1. The van der Waals surface area contributed by atoms with Gasteiger partial charge in [0.05, 0.1) is 22.8 Å². The number of rotatable bonds is 3. The van der Waals surface area contributed by atoms with Crippen LogP contribution in [0.15, 0.2) is 54.9 Å². The molecule has 7 heteroatoms. The Morgan fingerprint density at radius 2 is 1.96 bits per heavy atom. The van der Waals surface area contributed by atoms with Gasteiger partial charge in [-0.15, -0.1) is 5.10 Å². The van der Waals surface area contributed by atoms with E-state index < -0.39 is 0 Å². The predicted molar refractivity (Wildman–Crippen MR) is 102 cm³/mol. The first-order chi connectivity index (χ1) is 13.7. The minimum Gasteiger partial charge on any atom is -0.487 e. The highest BCUT2D eigenvalue weighted by Crippen LogP contribution is 2.30. The Morgan fingerprint density at radius 1 is 1.11 bits per heavy atom. The van der Waals surface area contributed by atoms with E-state index in [1.165, 1.54) is 0 Å². The van der Waals surface area contributed by atoms with Crippen LogP contribution < -0.4 is 4.74 Å². The topological polar surface area (TPSA) is 81.6 Å². The Bertz CT molecular complexity index is 1220. The van der Waals surface area contributed by atoms with E-state index in [-0.39, 0.29) is 0 Å². The number of aromatic nitrogens is 5. The molecule has 0 N–H and O–H groups in total. The van der Waals surface area contributed by atoms with Gasteiger partial charge in [0.25, 0.3) is 0 Å². The maximum atomic E-state index is 9.50. The quantitative estimate of drug-likeness (QED) is 0.489. The average Bonchev–Trinajstić information content (AvgIpc) is 3.28. The molecular weight excluding hydrogens is 352 g/mol. The molecule has 136 valence electrons. The Morgan fingerprint density at radius 3 is 2.79 bits per heavy atom. The molecule has 0 spiro atoms. The smallest absolute Gasteiger partial charge is 0.162 e. The van der Waals surface area contributed by atoms with Gasteiger partial charge in [0, 0.05) is 6.42 Å². The van der Waals surface area contributed by atoms with Gasteiger partial charge in [-0.05, 0) is 36.8 Å². The molecule has 0 saturated heterocycles. The molecule has 5 rings (SSSR count). The molecule has 0 aliphatic carbocycles. The van der Waals surface area contributed by atoms with Gasteiger partial charge < -0.3 is 4.74 Å². The third-order valence-corrected chi connectivity index (χ3v) is 4.89. The van der Waals surface area contributed by atoms with Crippen LogP contribution >= 0.6 is 0 Å². The van der Waals surface area contributed by atoms with Crippen LogP contribution in [-0.4, -0.2) is 24.5 Å². The first-order valence-corrected chi connectivity index (χ1v) is 8.93. The lowest BCUT2D eigenvalue weighted by Gasteiger charge is -2.10. The summed E-state index contributed by atoms with van der Waals surface area (Å²) < 4.78 is 9.70. The molecule has 2 aromatic heterocycles. The Labute approximate surface area is 161 Å². The summed E-state index contributed by atoms with van der Waals surface area (Å²) in [6, 6.07) is 17.9. The number of imidazole rings is 1. The number of hydrogen-bond acceptors (Lipinski definition) is 5. The second-order valence-electron chi connectivity index (χ2n) is 6.69. The predicted octanol–water partition coefficient (Wildman–Crippen LogP) is 3.12. The Kier molecular flexibility index (Phi) is 3.69. The molecule has 0 bridgehead atoms. The van der Waals surface area contributed by atoms with Crippen molar-refractivity contribution in [3.8, 4) is 23.2 Å². The first kappa shape index (κ1) is 16.3. The van der Waals surface area contributed by atoms with E-state index in [0.717, 1.165) is 39.8 Å². The van der Waals surface area contributed by atoms with Crippen molar-refractivity contribution in [3.05, 3.63) is 83.2 Å². The van der Waals surface area contributed by atoms with E-state index in [4.69, 9.17) is 4.74 Å². The van der Waals surface area contributed by atoms with Crippen molar-refractivity contribution in [2.24, 2.45) is 0 Å². The second-order valence-corrected chi connectivity index (χ2v) is 6.69. The third-order valence-electron chi connectivity index (χ3n) is 4.89. The largest absolute Gasteiger partial charge is 0.487 e. The monoisotopic (exact) mass is 368 g/mol. The van der Waals surface area contributed by atoms with E-state index in [0.29, 0.717) is 18.7 Å². The number of para-hydroxylation sites is 1. The van der Waals surface area contributed by atoms with Gasteiger partial charge in [0.1, 0.15) is 30.4 Å². The SMILES string of the molecule is Cc1ccc2c(c1)-n1nnc(COc3ccccc3)c1Cc1c(C#N)ncn1-2. The van der Waals surface area contributed by atoms with Crippen LogP contribution in [0.25, 0.3) is 11.4 Å². The molecule has 4 aromatic rings. The van der Waals surface area contributed by atoms with E-state index in [2.05, 4.69) is 27.4 Å². The minimum absolute atomic E-state index is 0.302. The highest BCUT2D eigenvalue weighted by Gasteiger charge is 2.26. The molecule has 0 saturated carbocycles. The van der Waals surface area contributed by atoms with Gasteiger partial charge in [-0.3, -0.25) is 4.57 Å². The van der Waals surface area contributed by atoms with Crippen LogP contribution in [0.1, 0.15) is 28.3 Å². The number of fused-ring (bicyclic) bond motifs is 5. The maximum Gasteiger partial charge on any atom is 0.162 e. The number of benzene rings is 2. The summed E-state index contributed by atoms with van der Waals surface area (Å²) in [6.45, 7) is 2.34. The lowest BCUT2D eigenvalue weighted by Crippen LogP contribution is -2.05. The van der Waals surface area contributed by atoms with Gasteiger partial charge in [0.2, 0.25) is 0 Å². The molecule has 28 heavy (non-hydrogen) atoms. The van der Waals surface area contributed by atoms with E-state index in [1.54, 1.807) is 6.33 Å². The highest BCUT2D eigenvalue weighted by atomic mass is 16.5. The minimum atomic E-state index is 0.302. The Balaban J connectivity index is 1.63. The zero-order valence-electron chi connectivity index (χ0n) is 15.2. The van der Waals surface area contributed by atoms with Gasteiger partial charge in [-0.1, -0.05) is 29.5 Å². The average molecular weight is 368 g/mol. The molecule has 1 aliphatic heterocycles. The molecule has 0 unspecified atom stereocenters. The fourth-order valence-electron chi connectivity index (χ4n) is 3.49. The standard InChI is InChI=1S/C21H16N6O/c1-14-7-8-18-21(9-14)27-20(10-19-16(11-22)23-13-26(18)19)17(24-25-27)12-28-15-5-3-2-4-6-15/h2-9,13H,10,12H2,1H3. The molecule has 1 aliphatic rings. The first-order valence-electron chi connectivity index (χ1n) is 8.93. The van der Waals surface area contributed by atoms with Crippen molar-refractivity contribution < 1.29 is 4.74 Å². The number of hydrogen-bond donors (Lipinski definition) is 0. The summed E-state index contributed by atoms with van der Waals surface area (Å²) in [5, 5.41) is 18.3. The number of ether oxygens (including phenoxy) is 1. The summed E-state index contributed by atoms with van der Waals surface area (Å²) in [4.78, 5) is 4.28. The van der Waals surface area contributed by atoms with Crippen molar-refractivity contribution in [1.29, 1.82) is 5.26 Å². The van der Waals surface area contributed by atoms with Gasteiger partial charge >= 0.3 is 0 Å². The van der Waals surface area contributed by atoms with Crippen LogP contribution in [0.4, 0.5) is 0 Å². The van der Waals surface area contributed by atoms with Gasteiger partial charge in [0.15, 0.2) is 5.69 Å². The van der Waals surface area contributed by atoms with Crippen molar-refractivity contribution in [3.63, 3.8) is 0 Å². The van der Waals surface area contributed by atoms with Gasteiger partial charge in [-0.2, -0.15) is 5.26 Å². The van der Waals surface area contributed by atoms with Crippen molar-refractivity contribution in [1.82, 2.24) is 24.5 Å². The molecule has 0 radical (unpaired) electrons. The van der Waals surface area contributed by atoms with E-state index in [1.807, 2.05) is 58.6 Å². The third kappa shape index (κ3) is 2.55.